The van der Waals surface area contributed by atoms with E-state index in [1.165, 1.54) is 6.26 Å². The zero-order chi connectivity index (χ0) is 21.0. The highest BCUT2D eigenvalue weighted by Crippen LogP contribution is 2.25. The number of nitrogens with zero attached hydrogens (tertiary/aromatic N) is 4. The Morgan fingerprint density at radius 1 is 0.967 bits per heavy atom. The number of H-pyrrole nitrogens is 1. The molecule has 0 atom stereocenters. The smallest absolute Gasteiger partial charge is 0.175 e. The monoisotopic (exact) mass is 420 g/mol. The molecular formula is C21H20N6O2S. The third-order valence-corrected chi connectivity index (χ3v) is 5.66. The highest BCUT2D eigenvalue weighted by Gasteiger charge is 2.13. The van der Waals surface area contributed by atoms with Crippen molar-refractivity contribution in [1.29, 1.82) is 0 Å². The molecule has 3 aromatic heterocycles. The lowest BCUT2D eigenvalue weighted by Gasteiger charge is -2.09. The van der Waals surface area contributed by atoms with Gasteiger partial charge in [0.15, 0.2) is 21.5 Å². The molecule has 0 fully saturated rings. The van der Waals surface area contributed by atoms with Crippen molar-refractivity contribution in [3.05, 3.63) is 72.7 Å². The Morgan fingerprint density at radius 3 is 2.47 bits per heavy atom. The van der Waals surface area contributed by atoms with Crippen LogP contribution < -0.4 is 5.32 Å². The first kappa shape index (κ1) is 19.7. The van der Waals surface area contributed by atoms with Crippen molar-refractivity contribution < 1.29 is 8.42 Å². The molecular weight excluding hydrogens is 400 g/mol. The SMILES string of the molecule is CS(=O)(=O)c1ccc(-c2nnc(-c3cccnc3NCCc3cccnc3)[nH]2)cc1. The van der Waals surface area contributed by atoms with Crippen molar-refractivity contribution in [1.82, 2.24) is 25.1 Å². The van der Waals surface area contributed by atoms with Gasteiger partial charge in [0.25, 0.3) is 0 Å². The van der Waals surface area contributed by atoms with Crippen LogP contribution in [0.15, 0.2) is 72.0 Å². The topological polar surface area (TPSA) is 114 Å². The van der Waals surface area contributed by atoms with Crippen molar-refractivity contribution in [3.63, 3.8) is 0 Å². The second kappa shape index (κ2) is 8.42. The molecule has 0 saturated carbocycles. The average molecular weight is 420 g/mol. The lowest BCUT2D eigenvalue weighted by molar-refractivity contribution is 0.602. The third-order valence-electron chi connectivity index (χ3n) is 4.53. The van der Waals surface area contributed by atoms with Crippen LogP contribution in [0.4, 0.5) is 5.82 Å². The van der Waals surface area contributed by atoms with E-state index < -0.39 is 9.84 Å². The van der Waals surface area contributed by atoms with Gasteiger partial charge in [-0.15, -0.1) is 10.2 Å². The normalized spacial score (nSPS) is 11.4. The summed E-state index contributed by atoms with van der Waals surface area (Å²) < 4.78 is 23.3. The van der Waals surface area contributed by atoms with Gasteiger partial charge in [-0.25, -0.2) is 13.4 Å². The number of aromatic amines is 1. The molecule has 3 heterocycles. The maximum Gasteiger partial charge on any atom is 0.175 e. The quantitative estimate of drug-likeness (QED) is 0.472. The summed E-state index contributed by atoms with van der Waals surface area (Å²) in [5, 5.41) is 11.8. The molecule has 152 valence electrons. The maximum absolute atomic E-state index is 11.6. The molecule has 4 rings (SSSR count). The number of pyridine rings is 2. The average Bonchev–Trinajstić information content (AvgIpc) is 3.24. The molecule has 0 unspecified atom stereocenters. The van der Waals surface area contributed by atoms with Crippen molar-refractivity contribution in [3.8, 4) is 22.8 Å². The molecule has 2 N–H and O–H groups in total. The number of hydrogen-bond acceptors (Lipinski definition) is 7. The predicted molar refractivity (Wildman–Crippen MR) is 115 cm³/mol. The van der Waals surface area contributed by atoms with E-state index in [1.807, 2.05) is 30.5 Å². The van der Waals surface area contributed by atoms with Gasteiger partial charge in [0, 0.05) is 37.0 Å². The minimum absolute atomic E-state index is 0.262. The van der Waals surface area contributed by atoms with Crippen LogP contribution in [-0.2, 0) is 16.3 Å². The highest BCUT2D eigenvalue weighted by molar-refractivity contribution is 7.90. The van der Waals surface area contributed by atoms with Crippen LogP contribution in [0.25, 0.3) is 22.8 Å². The van der Waals surface area contributed by atoms with Gasteiger partial charge in [-0.3, -0.25) is 4.98 Å². The van der Waals surface area contributed by atoms with Crippen LogP contribution in [0.5, 0.6) is 0 Å². The molecule has 0 aliphatic rings. The fourth-order valence-corrected chi connectivity index (χ4v) is 3.61. The molecule has 4 aromatic rings. The number of aromatic nitrogens is 5. The Balaban J connectivity index is 1.52. The molecule has 9 heteroatoms. The van der Waals surface area contributed by atoms with E-state index in [9.17, 15) is 8.42 Å². The van der Waals surface area contributed by atoms with E-state index in [1.54, 1.807) is 36.7 Å². The van der Waals surface area contributed by atoms with E-state index in [2.05, 4.69) is 30.5 Å². The van der Waals surface area contributed by atoms with Crippen LogP contribution in [0.1, 0.15) is 5.56 Å². The first-order chi connectivity index (χ1) is 14.5. The largest absolute Gasteiger partial charge is 0.369 e. The second-order valence-corrected chi connectivity index (χ2v) is 8.77. The molecule has 0 spiro atoms. The molecule has 0 radical (unpaired) electrons. The Morgan fingerprint density at radius 2 is 1.73 bits per heavy atom. The number of benzene rings is 1. The summed E-state index contributed by atoms with van der Waals surface area (Å²) in [5.74, 6) is 1.83. The van der Waals surface area contributed by atoms with E-state index in [4.69, 9.17) is 0 Å². The van der Waals surface area contributed by atoms with E-state index in [0.29, 0.717) is 24.0 Å². The molecule has 0 saturated heterocycles. The number of sulfone groups is 1. The summed E-state index contributed by atoms with van der Waals surface area (Å²) in [4.78, 5) is 12.0. The van der Waals surface area contributed by atoms with E-state index >= 15 is 0 Å². The minimum atomic E-state index is -3.24. The van der Waals surface area contributed by atoms with Gasteiger partial charge >= 0.3 is 0 Å². The van der Waals surface area contributed by atoms with Gasteiger partial charge in [-0.2, -0.15) is 0 Å². The Hall–Kier alpha value is -3.59. The fourth-order valence-electron chi connectivity index (χ4n) is 2.98. The summed E-state index contributed by atoms with van der Waals surface area (Å²) in [6.07, 6.45) is 7.32. The lowest BCUT2D eigenvalue weighted by atomic mass is 10.2. The number of rotatable bonds is 7. The first-order valence-corrected chi connectivity index (χ1v) is 11.2. The molecule has 0 bridgehead atoms. The van der Waals surface area contributed by atoms with Crippen LogP contribution in [0.3, 0.4) is 0 Å². The van der Waals surface area contributed by atoms with Crippen LogP contribution >= 0.6 is 0 Å². The summed E-state index contributed by atoms with van der Waals surface area (Å²) in [6.45, 7) is 0.698. The summed E-state index contributed by atoms with van der Waals surface area (Å²) >= 11 is 0. The van der Waals surface area contributed by atoms with Gasteiger partial charge < -0.3 is 10.3 Å². The van der Waals surface area contributed by atoms with Gasteiger partial charge in [0.2, 0.25) is 0 Å². The van der Waals surface area contributed by atoms with Gasteiger partial charge in [0.1, 0.15) is 5.82 Å². The molecule has 0 aliphatic heterocycles. The Bertz CT molecular complexity index is 1240. The molecule has 0 aliphatic carbocycles. The lowest BCUT2D eigenvalue weighted by Crippen LogP contribution is -2.07. The zero-order valence-electron chi connectivity index (χ0n) is 16.3. The zero-order valence-corrected chi connectivity index (χ0v) is 17.1. The van der Waals surface area contributed by atoms with Crippen LogP contribution in [0.2, 0.25) is 0 Å². The highest BCUT2D eigenvalue weighted by atomic mass is 32.2. The number of hydrogen-bond donors (Lipinski definition) is 2. The number of anilines is 1. The fraction of sp³-hybridized carbons (Fsp3) is 0.143. The van der Waals surface area contributed by atoms with Crippen LogP contribution in [-0.4, -0.2) is 46.4 Å². The first-order valence-electron chi connectivity index (χ1n) is 9.32. The molecule has 8 nitrogen and oxygen atoms in total. The Labute approximate surface area is 174 Å². The van der Waals surface area contributed by atoms with E-state index in [-0.39, 0.29) is 4.90 Å². The van der Waals surface area contributed by atoms with Crippen molar-refractivity contribution in [2.75, 3.05) is 18.1 Å². The minimum Gasteiger partial charge on any atom is -0.369 e. The van der Waals surface area contributed by atoms with E-state index in [0.717, 1.165) is 23.1 Å². The van der Waals surface area contributed by atoms with Crippen molar-refractivity contribution >= 4 is 15.7 Å². The summed E-state index contributed by atoms with van der Waals surface area (Å²) in [7, 11) is -3.24. The van der Waals surface area contributed by atoms with Crippen molar-refractivity contribution in [2.45, 2.75) is 11.3 Å². The second-order valence-electron chi connectivity index (χ2n) is 6.76. The summed E-state index contributed by atoms with van der Waals surface area (Å²) in [5.41, 5.74) is 2.69. The standard InChI is InChI=1S/C21H20N6O2S/c1-30(28,29)17-8-6-16(7-9-17)19-25-21(27-26-19)18-5-3-12-23-20(18)24-13-10-15-4-2-11-22-14-15/h2-9,11-12,14H,10,13H2,1H3,(H,23,24)(H,25,26,27). The number of nitrogens with one attached hydrogen (secondary N) is 2. The maximum atomic E-state index is 11.6. The predicted octanol–water partition coefficient (Wildman–Crippen LogP) is 2.99. The van der Waals surface area contributed by atoms with Gasteiger partial charge in [-0.1, -0.05) is 6.07 Å². The summed E-state index contributed by atoms with van der Waals surface area (Å²) in [6, 6.07) is 14.2. The third kappa shape index (κ3) is 4.52. The van der Waals surface area contributed by atoms with Crippen LogP contribution in [0, 0.1) is 0 Å². The Kier molecular flexibility index (Phi) is 5.53. The van der Waals surface area contributed by atoms with Gasteiger partial charge in [0.05, 0.1) is 10.5 Å². The molecule has 0 amide bonds. The van der Waals surface area contributed by atoms with Gasteiger partial charge in [-0.05, 0) is 54.4 Å². The van der Waals surface area contributed by atoms with Crippen molar-refractivity contribution in [2.24, 2.45) is 0 Å². The molecule has 30 heavy (non-hydrogen) atoms. The molecule has 1 aromatic carbocycles.